The maximum Gasteiger partial charge on any atom is 0.321 e. The fourth-order valence-electron chi connectivity index (χ4n) is 4.33. The van der Waals surface area contributed by atoms with Gasteiger partial charge in [-0.2, -0.15) is 9.97 Å². The van der Waals surface area contributed by atoms with Crippen molar-refractivity contribution in [2.24, 2.45) is 0 Å². The molecule has 0 spiro atoms. The number of fused-ring (bicyclic) bond motifs is 1. The zero-order valence-electron chi connectivity index (χ0n) is 22.6. The number of rotatable bonds is 6. The third-order valence-corrected chi connectivity index (χ3v) is 6.87. The van der Waals surface area contributed by atoms with E-state index in [1.54, 1.807) is 12.0 Å². The van der Waals surface area contributed by atoms with Gasteiger partial charge in [-0.15, -0.1) is 0 Å². The smallest absolute Gasteiger partial charge is 0.321 e. The second kappa shape index (κ2) is 10.8. The summed E-state index contributed by atoms with van der Waals surface area (Å²) in [4.78, 5) is 36.6. The number of hydrogen-bond donors (Lipinski definition) is 1. The fraction of sp³-hybridized carbons (Fsp3) is 0.423. The van der Waals surface area contributed by atoms with Gasteiger partial charge in [-0.25, -0.2) is 4.79 Å². The summed E-state index contributed by atoms with van der Waals surface area (Å²) in [6.07, 6.45) is 0. The number of carbonyl (C=O) groups excluding carboxylic acids is 1. The van der Waals surface area contributed by atoms with Crippen molar-refractivity contribution in [1.82, 2.24) is 14.9 Å². The Kier molecular flexibility index (Phi) is 7.72. The van der Waals surface area contributed by atoms with E-state index in [1.165, 1.54) is 24.3 Å². The van der Waals surface area contributed by atoms with Crippen molar-refractivity contribution in [2.75, 3.05) is 43.5 Å². The number of amides is 2. The predicted octanol–water partition coefficient (Wildman–Crippen LogP) is 4.83. The average Bonchev–Trinajstić information content (AvgIpc) is 2.87. The molecule has 1 saturated heterocycles. The summed E-state index contributed by atoms with van der Waals surface area (Å²) in [5, 5.41) is 14.5. The first-order valence-electron chi connectivity index (χ1n) is 12.4. The third kappa shape index (κ3) is 5.96. The highest BCUT2D eigenvalue weighted by Crippen LogP contribution is 2.38. The Morgan fingerprint density at radius 1 is 1.08 bits per heavy atom. The summed E-state index contributed by atoms with van der Waals surface area (Å²) in [6.45, 7) is 12.6. The second-order valence-corrected chi connectivity index (χ2v) is 12.4. The van der Waals surface area contributed by atoms with Crippen molar-refractivity contribution in [3.8, 4) is 11.8 Å². The monoisotopic (exact) mass is 537 g/mol. The van der Waals surface area contributed by atoms with Crippen LogP contribution < -0.4 is 19.4 Å². The Labute approximate surface area is 223 Å². The lowest BCUT2D eigenvalue weighted by Gasteiger charge is -2.36. The third-order valence-electron chi connectivity index (χ3n) is 6.28. The normalized spacial score (nSPS) is 14.1. The number of nitrogens with one attached hydrogen (secondary N) is 1. The summed E-state index contributed by atoms with van der Waals surface area (Å²) in [5.74, 6) is 1.53. The number of hydrogen-bond acceptors (Lipinski definition) is 8. The molecule has 0 saturated carbocycles. The molecule has 0 unspecified atom stereocenters. The minimum absolute atomic E-state index is 0.0253. The number of piperazine rings is 1. The lowest BCUT2D eigenvalue weighted by atomic mass is 9.85. The maximum absolute atomic E-state index is 12.8. The van der Waals surface area contributed by atoms with Gasteiger partial charge in [0.1, 0.15) is 11.6 Å². The SMILES string of the molecule is COc1cc2c(N3CCN(C(=O)Nc4ccc([N+](=O)[O-])cc4)CC3)nc(O[Si](C)C)nc2cc1C(C)(C)C. The van der Waals surface area contributed by atoms with Gasteiger partial charge in [0.15, 0.2) is 0 Å². The molecule has 3 aromatic rings. The van der Waals surface area contributed by atoms with Gasteiger partial charge in [0.2, 0.25) is 0 Å². The van der Waals surface area contributed by atoms with E-state index in [1.807, 2.05) is 19.2 Å². The molecule has 201 valence electrons. The number of methoxy groups -OCH3 is 1. The van der Waals surface area contributed by atoms with E-state index in [2.05, 4.69) is 37.1 Å². The number of carbonyl (C=O) groups is 1. The highest BCUT2D eigenvalue weighted by Gasteiger charge is 2.27. The molecule has 0 aliphatic carbocycles. The number of non-ortho nitro benzene ring substituents is 1. The summed E-state index contributed by atoms with van der Waals surface area (Å²) >= 11 is 0. The van der Waals surface area contributed by atoms with Gasteiger partial charge in [-0.3, -0.25) is 10.1 Å². The van der Waals surface area contributed by atoms with Crippen molar-refractivity contribution in [3.05, 3.63) is 52.1 Å². The van der Waals surface area contributed by atoms with Crippen molar-refractivity contribution >= 4 is 43.2 Å². The van der Waals surface area contributed by atoms with E-state index >= 15 is 0 Å². The molecule has 12 heteroatoms. The van der Waals surface area contributed by atoms with Crippen LogP contribution in [-0.2, 0) is 5.41 Å². The van der Waals surface area contributed by atoms with Gasteiger partial charge in [0.25, 0.3) is 14.7 Å². The highest BCUT2D eigenvalue weighted by molar-refractivity contribution is 6.49. The average molecular weight is 538 g/mol. The quantitative estimate of drug-likeness (QED) is 0.270. The Bertz CT molecular complexity index is 1330. The molecule has 1 aromatic heterocycles. The van der Waals surface area contributed by atoms with Crippen molar-refractivity contribution in [1.29, 1.82) is 0 Å². The van der Waals surface area contributed by atoms with E-state index in [0.29, 0.717) is 37.9 Å². The zero-order valence-corrected chi connectivity index (χ0v) is 23.6. The van der Waals surface area contributed by atoms with E-state index in [0.717, 1.165) is 28.0 Å². The van der Waals surface area contributed by atoms with Crippen molar-refractivity contribution in [3.63, 3.8) is 0 Å². The zero-order chi connectivity index (χ0) is 27.6. The van der Waals surface area contributed by atoms with Gasteiger partial charge >= 0.3 is 12.0 Å². The van der Waals surface area contributed by atoms with Gasteiger partial charge < -0.3 is 24.3 Å². The predicted molar refractivity (Wildman–Crippen MR) is 149 cm³/mol. The lowest BCUT2D eigenvalue weighted by Crippen LogP contribution is -2.50. The molecule has 1 fully saturated rings. The number of urea groups is 1. The minimum atomic E-state index is -1.08. The van der Waals surface area contributed by atoms with Crippen LogP contribution in [0.1, 0.15) is 26.3 Å². The Hall–Kier alpha value is -3.93. The summed E-state index contributed by atoms with van der Waals surface area (Å²) in [5.41, 5.74) is 2.18. The number of nitro benzene ring substituents is 1. The van der Waals surface area contributed by atoms with E-state index in [-0.39, 0.29) is 17.1 Å². The molecule has 1 aliphatic heterocycles. The molecule has 1 radical (unpaired) electrons. The maximum atomic E-state index is 12.8. The minimum Gasteiger partial charge on any atom is -0.516 e. The molecular weight excluding hydrogens is 504 g/mol. The number of aromatic nitrogens is 2. The van der Waals surface area contributed by atoms with Crippen LogP contribution in [0.3, 0.4) is 0 Å². The summed E-state index contributed by atoms with van der Waals surface area (Å²) < 4.78 is 11.7. The molecule has 2 amide bonds. The Balaban J connectivity index is 1.57. The molecule has 1 N–H and O–H groups in total. The Morgan fingerprint density at radius 3 is 2.29 bits per heavy atom. The first kappa shape index (κ1) is 27.1. The van der Waals surface area contributed by atoms with Crippen LogP contribution in [0.2, 0.25) is 13.1 Å². The Morgan fingerprint density at radius 2 is 1.74 bits per heavy atom. The van der Waals surface area contributed by atoms with E-state index in [4.69, 9.17) is 19.1 Å². The van der Waals surface area contributed by atoms with E-state index < -0.39 is 14.0 Å². The van der Waals surface area contributed by atoms with Gasteiger partial charge in [0, 0.05) is 54.9 Å². The number of anilines is 2. The second-order valence-electron chi connectivity index (χ2n) is 10.4. The van der Waals surface area contributed by atoms with Crippen LogP contribution in [0, 0.1) is 10.1 Å². The van der Waals surface area contributed by atoms with Crippen LogP contribution in [0.4, 0.5) is 22.0 Å². The van der Waals surface area contributed by atoms with Crippen LogP contribution in [0.25, 0.3) is 10.9 Å². The number of nitrogens with zero attached hydrogens (tertiary/aromatic N) is 5. The van der Waals surface area contributed by atoms with Crippen LogP contribution in [-0.4, -0.2) is 68.2 Å². The van der Waals surface area contributed by atoms with Crippen LogP contribution in [0.15, 0.2) is 36.4 Å². The first-order valence-corrected chi connectivity index (χ1v) is 14.8. The molecule has 2 aromatic carbocycles. The molecule has 0 bridgehead atoms. The largest absolute Gasteiger partial charge is 0.516 e. The molecular formula is C26H33N6O5Si. The molecule has 38 heavy (non-hydrogen) atoms. The first-order chi connectivity index (χ1) is 18.0. The summed E-state index contributed by atoms with van der Waals surface area (Å²) in [6, 6.07) is 9.93. The van der Waals surface area contributed by atoms with Gasteiger partial charge in [-0.05, 0) is 42.8 Å². The van der Waals surface area contributed by atoms with Gasteiger partial charge in [-0.1, -0.05) is 20.8 Å². The topological polar surface area (TPSA) is 123 Å². The van der Waals surface area contributed by atoms with Crippen molar-refractivity contribution < 1.29 is 18.9 Å². The fourth-order valence-corrected chi connectivity index (χ4v) is 4.79. The number of nitro groups is 1. The van der Waals surface area contributed by atoms with Crippen molar-refractivity contribution in [2.45, 2.75) is 39.3 Å². The summed E-state index contributed by atoms with van der Waals surface area (Å²) in [7, 11) is 0.591. The molecule has 0 atom stereocenters. The number of benzene rings is 2. The molecule has 2 heterocycles. The molecule has 11 nitrogen and oxygen atoms in total. The standard InChI is InChI=1S/C26H33N6O5Si/c1-26(2,3)20-16-21-19(15-22(20)36-4)23(29-24(28-21)37-38(5)6)30-11-13-31(14-12-30)25(33)27-17-7-9-18(10-8-17)32(34)35/h7-10,15-16H,11-14H2,1-6H3,(H,27,33). The van der Waals surface area contributed by atoms with E-state index in [9.17, 15) is 14.9 Å². The van der Waals surface area contributed by atoms with Crippen LogP contribution >= 0.6 is 0 Å². The molecule has 4 rings (SSSR count). The number of ether oxygens (including phenoxy) is 1. The van der Waals surface area contributed by atoms with Crippen LogP contribution in [0.5, 0.6) is 11.8 Å². The highest BCUT2D eigenvalue weighted by atomic mass is 28.3. The lowest BCUT2D eigenvalue weighted by molar-refractivity contribution is -0.384. The van der Waals surface area contributed by atoms with Gasteiger partial charge in [0.05, 0.1) is 17.5 Å². The molecule has 1 aliphatic rings.